The zero-order chi connectivity index (χ0) is 16.9. The summed E-state index contributed by atoms with van der Waals surface area (Å²) in [6.45, 7) is 4.94. The standard InChI is InChI=1S/C18H21BrN4O.ClH/c1-13-9-15(4-5-16(13)19)22-18(24)12-23-8-7-21-11-17(23)14-3-2-6-20-10-14;/h2-6,9-10,17,21H,7-8,11-12H2,1H3,(H,22,24);1H. The number of rotatable bonds is 4. The Labute approximate surface area is 162 Å². The van der Waals surface area contributed by atoms with Crippen LogP contribution in [0.3, 0.4) is 0 Å². The second-order valence-corrected chi connectivity index (χ2v) is 6.84. The number of halogens is 2. The first-order chi connectivity index (χ1) is 11.6. The van der Waals surface area contributed by atoms with Crippen molar-refractivity contribution in [2.75, 3.05) is 31.5 Å². The monoisotopic (exact) mass is 424 g/mol. The van der Waals surface area contributed by atoms with Gasteiger partial charge >= 0.3 is 0 Å². The van der Waals surface area contributed by atoms with Gasteiger partial charge < -0.3 is 10.6 Å². The molecule has 1 aromatic carbocycles. The largest absolute Gasteiger partial charge is 0.325 e. The molecule has 0 saturated carbocycles. The van der Waals surface area contributed by atoms with Crippen molar-refractivity contribution in [2.45, 2.75) is 13.0 Å². The first kappa shape index (κ1) is 19.8. The van der Waals surface area contributed by atoms with Gasteiger partial charge in [-0.25, -0.2) is 0 Å². The van der Waals surface area contributed by atoms with Crippen LogP contribution in [0, 0.1) is 6.92 Å². The summed E-state index contributed by atoms with van der Waals surface area (Å²) in [4.78, 5) is 18.9. The Morgan fingerprint density at radius 2 is 2.28 bits per heavy atom. The van der Waals surface area contributed by atoms with Crippen LogP contribution in [0.15, 0.2) is 47.2 Å². The first-order valence-corrected chi connectivity index (χ1v) is 8.83. The van der Waals surface area contributed by atoms with Gasteiger partial charge in [0.05, 0.1) is 6.54 Å². The van der Waals surface area contributed by atoms with Gasteiger partial charge in [0, 0.05) is 48.2 Å². The number of benzene rings is 1. The predicted molar refractivity (Wildman–Crippen MR) is 106 cm³/mol. The summed E-state index contributed by atoms with van der Waals surface area (Å²) in [5.41, 5.74) is 3.06. The van der Waals surface area contributed by atoms with E-state index in [1.54, 1.807) is 6.20 Å². The number of aryl methyl sites for hydroxylation is 1. The summed E-state index contributed by atoms with van der Waals surface area (Å²) in [6, 6.07) is 10.0. The zero-order valence-corrected chi connectivity index (χ0v) is 16.4. The number of carbonyl (C=O) groups excluding carboxylic acids is 1. The topological polar surface area (TPSA) is 57.3 Å². The molecular weight excluding hydrogens is 404 g/mol. The maximum absolute atomic E-state index is 12.5. The van der Waals surface area contributed by atoms with Crippen LogP contribution in [0.25, 0.3) is 0 Å². The average Bonchev–Trinajstić information content (AvgIpc) is 2.59. The summed E-state index contributed by atoms with van der Waals surface area (Å²) in [5, 5.41) is 6.39. The maximum Gasteiger partial charge on any atom is 0.238 e. The molecule has 1 unspecified atom stereocenters. The van der Waals surface area contributed by atoms with Crippen LogP contribution in [0.5, 0.6) is 0 Å². The van der Waals surface area contributed by atoms with Crippen LogP contribution in [-0.4, -0.2) is 42.0 Å². The fourth-order valence-electron chi connectivity index (χ4n) is 2.94. The Morgan fingerprint density at radius 3 is 3.00 bits per heavy atom. The fraction of sp³-hybridized carbons (Fsp3) is 0.333. The molecule has 1 saturated heterocycles. The van der Waals surface area contributed by atoms with Crippen molar-refractivity contribution in [1.29, 1.82) is 0 Å². The summed E-state index contributed by atoms with van der Waals surface area (Å²) in [7, 11) is 0. The van der Waals surface area contributed by atoms with Gasteiger partial charge in [0.15, 0.2) is 0 Å². The Hall–Kier alpha value is -1.47. The highest BCUT2D eigenvalue weighted by molar-refractivity contribution is 9.10. The SMILES string of the molecule is Cc1cc(NC(=O)CN2CCNCC2c2cccnc2)ccc1Br.Cl. The molecule has 2 heterocycles. The van der Waals surface area contributed by atoms with E-state index in [2.05, 4.69) is 42.5 Å². The molecule has 0 radical (unpaired) electrons. The molecule has 0 bridgehead atoms. The van der Waals surface area contributed by atoms with E-state index in [-0.39, 0.29) is 24.4 Å². The van der Waals surface area contributed by atoms with Crippen LogP contribution in [-0.2, 0) is 4.79 Å². The molecule has 2 aromatic rings. The number of amides is 1. The maximum atomic E-state index is 12.5. The lowest BCUT2D eigenvalue weighted by Gasteiger charge is -2.35. The molecule has 134 valence electrons. The number of pyridine rings is 1. The van der Waals surface area contributed by atoms with E-state index in [0.29, 0.717) is 6.54 Å². The summed E-state index contributed by atoms with van der Waals surface area (Å²) in [6.07, 6.45) is 3.65. The third-order valence-electron chi connectivity index (χ3n) is 4.21. The van der Waals surface area contributed by atoms with Crippen molar-refractivity contribution in [3.8, 4) is 0 Å². The molecule has 25 heavy (non-hydrogen) atoms. The Morgan fingerprint density at radius 1 is 1.44 bits per heavy atom. The molecule has 1 aliphatic rings. The van der Waals surface area contributed by atoms with Crippen molar-refractivity contribution >= 4 is 39.9 Å². The van der Waals surface area contributed by atoms with Gasteiger partial charge in [-0.1, -0.05) is 22.0 Å². The van der Waals surface area contributed by atoms with Crippen molar-refractivity contribution in [3.63, 3.8) is 0 Å². The van der Waals surface area contributed by atoms with Crippen LogP contribution in [0.1, 0.15) is 17.2 Å². The highest BCUT2D eigenvalue weighted by atomic mass is 79.9. The number of nitrogens with one attached hydrogen (secondary N) is 2. The second kappa shape index (κ2) is 9.29. The van der Waals surface area contributed by atoms with Crippen LogP contribution in [0.4, 0.5) is 5.69 Å². The minimum atomic E-state index is 0. The van der Waals surface area contributed by atoms with Gasteiger partial charge in [-0.2, -0.15) is 0 Å². The van der Waals surface area contributed by atoms with Gasteiger partial charge in [-0.15, -0.1) is 12.4 Å². The molecule has 1 amide bonds. The number of piperazine rings is 1. The van der Waals surface area contributed by atoms with Crippen molar-refractivity contribution in [1.82, 2.24) is 15.2 Å². The minimum absolute atomic E-state index is 0. The van der Waals surface area contributed by atoms with Gasteiger partial charge in [-0.05, 0) is 42.3 Å². The number of hydrogen-bond acceptors (Lipinski definition) is 4. The second-order valence-electron chi connectivity index (χ2n) is 5.99. The number of anilines is 1. The molecule has 0 spiro atoms. The summed E-state index contributed by atoms with van der Waals surface area (Å²) in [5.74, 6) is 0.00696. The normalized spacial score (nSPS) is 17.6. The highest BCUT2D eigenvalue weighted by Crippen LogP contribution is 2.22. The molecule has 7 heteroatoms. The lowest BCUT2D eigenvalue weighted by molar-refractivity contribution is -0.118. The van der Waals surface area contributed by atoms with E-state index in [0.717, 1.165) is 40.9 Å². The average molecular weight is 426 g/mol. The Bertz CT molecular complexity index is 713. The van der Waals surface area contributed by atoms with Crippen molar-refractivity contribution in [2.24, 2.45) is 0 Å². The van der Waals surface area contributed by atoms with Crippen LogP contribution < -0.4 is 10.6 Å². The van der Waals surface area contributed by atoms with E-state index >= 15 is 0 Å². The summed E-state index contributed by atoms with van der Waals surface area (Å²) < 4.78 is 1.04. The fourth-order valence-corrected chi connectivity index (χ4v) is 3.19. The quantitative estimate of drug-likeness (QED) is 0.790. The van der Waals surface area contributed by atoms with Gasteiger partial charge in [0.1, 0.15) is 0 Å². The predicted octanol–water partition coefficient (Wildman–Crippen LogP) is 3.16. The molecule has 5 nitrogen and oxygen atoms in total. The number of hydrogen-bond donors (Lipinski definition) is 2. The van der Waals surface area contributed by atoms with E-state index in [1.165, 1.54) is 0 Å². The minimum Gasteiger partial charge on any atom is -0.325 e. The van der Waals surface area contributed by atoms with Gasteiger partial charge in [0.2, 0.25) is 5.91 Å². The molecule has 1 aliphatic heterocycles. The molecular formula is C18H22BrClN4O. The van der Waals surface area contributed by atoms with Crippen molar-refractivity contribution < 1.29 is 4.79 Å². The van der Waals surface area contributed by atoms with Gasteiger partial charge in [0.25, 0.3) is 0 Å². The Kier molecular flexibility index (Phi) is 7.38. The molecule has 2 N–H and O–H groups in total. The lowest BCUT2D eigenvalue weighted by atomic mass is 10.1. The third kappa shape index (κ3) is 5.25. The zero-order valence-electron chi connectivity index (χ0n) is 14.0. The van der Waals surface area contributed by atoms with Gasteiger partial charge in [-0.3, -0.25) is 14.7 Å². The molecule has 3 rings (SSSR count). The van der Waals surface area contributed by atoms with Crippen LogP contribution in [0.2, 0.25) is 0 Å². The number of carbonyl (C=O) groups is 1. The molecule has 1 atom stereocenters. The van der Waals surface area contributed by atoms with E-state index in [9.17, 15) is 4.79 Å². The highest BCUT2D eigenvalue weighted by Gasteiger charge is 2.25. The molecule has 0 aliphatic carbocycles. The van der Waals surface area contributed by atoms with E-state index in [4.69, 9.17) is 0 Å². The lowest BCUT2D eigenvalue weighted by Crippen LogP contribution is -2.48. The smallest absolute Gasteiger partial charge is 0.238 e. The van der Waals surface area contributed by atoms with E-state index in [1.807, 2.05) is 37.4 Å². The number of aromatic nitrogens is 1. The van der Waals surface area contributed by atoms with Crippen LogP contribution >= 0.6 is 28.3 Å². The first-order valence-electron chi connectivity index (χ1n) is 8.04. The van der Waals surface area contributed by atoms with E-state index < -0.39 is 0 Å². The number of nitrogens with zero attached hydrogens (tertiary/aromatic N) is 2. The molecule has 1 fully saturated rings. The third-order valence-corrected chi connectivity index (χ3v) is 5.10. The summed E-state index contributed by atoms with van der Waals surface area (Å²) >= 11 is 3.48. The Balaban J connectivity index is 0.00000225. The van der Waals surface area contributed by atoms with Crippen molar-refractivity contribution in [3.05, 3.63) is 58.3 Å². The molecule has 1 aromatic heterocycles.